The van der Waals surface area contributed by atoms with Crippen LogP contribution in [0.1, 0.15) is 30.4 Å². The first-order valence-electron chi connectivity index (χ1n) is 7.26. The van der Waals surface area contributed by atoms with Crippen molar-refractivity contribution >= 4 is 0 Å². The Balaban J connectivity index is 1.66. The molecule has 1 saturated carbocycles. The molecular formula is C16H23NO2. The zero-order valence-electron chi connectivity index (χ0n) is 11.6. The van der Waals surface area contributed by atoms with E-state index in [9.17, 15) is 5.11 Å². The average Bonchev–Trinajstić information content (AvgIpc) is 3.21. The standard InChI is InChI=1S/C16H23NO2/c1-19-10-15(13-6-7-13)17-11-16(18)9-8-12-4-2-3-5-14(12)16/h2-5,13,15,17-18H,6-11H2,1H3. The Labute approximate surface area is 115 Å². The Kier molecular flexibility index (Phi) is 3.61. The Morgan fingerprint density at radius 1 is 1.42 bits per heavy atom. The van der Waals surface area contributed by atoms with Gasteiger partial charge in [0.25, 0.3) is 0 Å². The number of fused-ring (bicyclic) bond motifs is 1. The number of aliphatic hydroxyl groups is 1. The van der Waals surface area contributed by atoms with Gasteiger partial charge in [0.05, 0.1) is 6.61 Å². The largest absolute Gasteiger partial charge is 0.384 e. The number of benzene rings is 1. The lowest BCUT2D eigenvalue weighted by molar-refractivity contribution is 0.0306. The van der Waals surface area contributed by atoms with Gasteiger partial charge in [0.2, 0.25) is 0 Å². The Morgan fingerprint density at radius 2 is 2.21 bits per heavy atom. The van der Waals surface area contributed by atoms with E-state index < -0.39 is 5.60 Å². The Hall–Kier alpha value is -0.900. The van der Waals surface area contributed by atoms with Crippen molar-refractivity contribution in [2.24, 2.45) is 5.92 Å². The molecule has 0 bridgehead atoms. The molecule has 0 aliphatic heterocycles. The van der Waals surface area contributed by atoms with Gasteiger partial charge in [0.15, 0.2) is 0 Å². The summed E-state index contributed by atoms with van der Waals surface area (Å²) in [5.74, 6) is 0.736. The third kappa shape index (κ3) is 2.69. The van der Waals surface area contributed by atoms with Crippen LogP contribution < -0.4 is 5.32 Å². The second kappa shape index (κ2) is 5.23. The summed E-state index contributed by atoms with van der Waals surface area (Å²) in [6.07, 6.45) is 4.38. The van der Waals surface area contributed by atoms with Crippen LogP contribution in [-0.4, -0.2) is 31.4 Å². The van der Waals surface area contributed by atoms with E-state index in [1.807, 2.05) is 6.07 Å². The molecule has 3 heteroatoms. The molecule has 0 saturated heterocycles. The van der Waals surface area contributed by atoms with Crippen molar-refractivity contribution in [2.45, 2.75) is 37.3 Å². The molecule has 0 amide bonds. The number of hydrogen-bond acceptors (Lipinski definition) is 3. The smallest absolute Gasteiger partial charge is 0.103 e. The molecule has 1 aromatic carbocycles. The summed E-state index contributed by atoms with van der Waals surface area (Å²) >= 11 is 0. The molecule has 3 rings (SSSR count). The Bertz CT molecular complexity index is 444. The van der Waals surface area contributed by atoms with Gasteiger partial charge in [0.1, 0.15) is 5.60 Å². The SMILES string of the molecule is COCC(NCC1(O)CCc2ccccc21)C1CC1. The maximum absolute atomic E-state index is 10.9. The fourth-order valence-corrected chi connectivity index (χ4v) is 3.19. The van der Waals surface area contributed by atoms with Crippen LogP contribution >= 0.6 is 0 Å². The van der Waals surface area contributed by atoms with Crippen molar-refractivity contribution in [1.82, 2.24) is 5.32 Å². The average molecular weight is 261 g/mol. The van der Waals surface area contributed by atoms with E-state index in [1.165, 1.54) is 18.4 Å². The van der Waals surface area contributed by atoms with Gasteiger partial charge in [-0.15, -0.1) is 0 Å². The minimum atomic E-state index is -0.697. The summed E-state index contributed by atoms with van der Waals surface area (Å²) in [5, 5.41) is 14.4. The van der Waals surface area contributed by atoms with E-state index in [0.717, 1.165) is 30.9 Å². The van der Waals surface area contributed by atoms with Crippen molar-refractivity contribution in [1.29, 1.82) is 0 Å². The highest BCUT2D eigenvalue weighted by atomic mass is 16.5. The maximum atomic E-state index is 10.9. The van der Waals surface area contributed by atoms with Crippen LogP contribution in [0.2, 0.25) is 0 Å². The quantitative estimate of drug-likeness (QED) is 0.821. The second-order valence-electron chi connectivity index (χ2n) is 5.97. The fraction of sp³-hybridized carbons (Fsp3) is 0.625. The summed E-state index contributed by atoms with van der Waals surface area (Å²) < 4.78 is 5.28. The molecule has 0 aromatic heterocycles. The van der Waals surface area contributed by atoms with Crippen LogP contribution in [0.15, 0.2) is 24.3 Å². The molecule has 2 aliphatic rings. The molecule has 2 atom stereocenters. The van der Waals surface area contributed by atoms with Crippen molar-refractivity contribution in [2.75, 3.05) is 20.3 Å². The predicted octanol–water partition coefficient (Wildman–Crippen LogP) is 1.83. The number of rotatable bonds is 6. The molecule has 3 nitrogen and oxygen atoms in total. The molecule has 2 aliphatic carbocycles. The van der Waals surface area contributed by atoms with Crippen LogP contribution in [0.4, 0.5) is 0 Å². The normalized spacial score (nSPS) is 27.3. The van der Waals surface area contributed by atoms with E-state index in [4.69, 9.17) is 4.74 Å². The molecule has 104 valence electrons. The van der Waals surface area contributed by atoms with Gasteiger partial charge in [-0.25, -0.2) is 0 Å². The molecule has 2 N–H and O–H groups in total. The molecule has 2 unspecified atom stereocenters. The lowest BCUT2D eigenvalue weighted by atomic mass is 9.95. The lowest BCUT2D eigenvalue weighted by Gasteiger charge is -2.28. The predicted molar refractivity (Wildman–Crippen MR) is 75.1 cm³/mol. The number of hydrogen-bond donors (Lipinski definition) is 2. The lowest BCUT2D eigenvalue weighted by Crippen LogP contribution is -2.44. The van der Waals surface area contributed by atoms with Crippen LogP contribution in [-0.2, 0) is 16.8 Å². The fourth-order valence-electron chi connectivity index (χ4n) is 3.19. The van der Waals surface area contributed by atoms with E-state index in [2.05, 4.69) is 23.5 Å². The van der Waals surface area contributed by atoms with E-state index >= 15 is 0 Å². The maximum Gasteiger partial charge on any atom is 0.103 e. The molecule has 0 radical (unpaired) electrons. The van der Waals surface area contributed by atoms with Crippen LogP contribution in [0.3, 0.4) is 0 Å². The summed E-state index contributed by atoms with van der Waals surface area (Å²) in [6.45, 7) is 1.37. The van der Waals surface area contributed by atoms with Gasteiger partial charge < -0.3 is 15.2 Å². The third-order valence-electron chi connectivity index (χ3n) is 4.52. The van der Waals surface area contributed by atoms with Gasteiger partial charge in [0, 0.05) is 19.7 Å². The van der Waals surface area contributed by atoms with Gasteiger partial charge in [-0.1, -0.05) is 24.3 Å². The van der Waals surface area contributed by atoms with Crippen molar-refractivity contribution < 1.29 is 9.84 Å². The second-order valence-corrected chi connectivity index (χ2v) is 5.97. The van der Waals surface area contributed by atoms with Crippen LogP contribution in [0.5, 0.6) is 0 Å². The van der Waals surface area contributed by atoms with Crippen LogP contribution in [0.25, 0.3) is 0 Å². The van der Waals surface area contributed by atoms with Gasteiger partial charge in [-0.2, -0.15) is 0 Å². The molecule has 0 spiro atoms. The van der Waals surface area contributed by atoms with E-state index in [0.29, 0.717) is 12.6 Å². The number of aryl methyl sites for hydroxylation is 1. The molecule has 1 aromatic rings. The molecule has 19 heavy (non-hydrogen) atoms. The highest BCUT2D eigenvalue weighted by Gasteiger charge is 2.38. The van der Waals surface area contributed by atoms with Crippen molar-refractivity contribution in [3.05, 3.63) is 35.4 Å². The van der Waals surface area contributed by atoms with E-state index in [1.54, 1.807) is 7.11 Å². The first-order valence-corrected chi connectivity index (χ1v) is 7.26. The highest BCUT2D eigenvalue weighted by Crippen LogP contribution is 2.37. The first-order chi connectivity index (χ1) is 9.23. The zero-order valence-corrected chi connectivity index (χ0v) is 11.6. The van der Waals surface area contributed by atoms with E-state index in [-0.39, 0.29) is 0 Å². The molecule has 0 heterocycles. The van der Waals surface area contributed by atoms with Crippen LogP contribution in [0, 0.1) is 5.92 Å². The summed E-state index contributed by atoms with van der Waals surface area (Å²) in [5.41, 5.74) is 1.70. The first kappa shape index (κ1) is 13.1. The molecular weight excluding hydrogens is 238 g/mol. The number of ether oxygens (including phenoxy) is 1. The number of methoxy groups -OCH3 is 1. The summed E-state index contributed by atoms with van der Waals surface area (Å²) in [7, 11) is 1.75. The third-order valence-corrected chi connectivity index (χ3v) is 4.52. The Morgan fingerprint density at radius 3 is 2.95 bits per heavy atom. The topological polar surface area (TPSA) is 41.5 Å². The monoisotopic (exact) mass is 261 g/mol. The minimum Gasteiger partial charge on any atom is -0.384 e. The van der Waals surface area contributed by atoms with Gasteiger partial charge >= 0.3 is 0 Å². The van der Waals surface area contributed by atoms with Crippen molar-refractivity contribution in [3.63, 3.8) is 0 Å². The summed E-state index contributed by atoms with van der Waals surface area (Å²) in [4.78, 5) is 0. The molecule has 1 fully saturated rings. The van der Waals surface area contributed by atoms with Gasteiger partial charge in [-0.05, 0) is 42.7 Å². The zero-order chi connectivity index (χ0) is 13.3. The number of nitrogens with one attached hydrogen (secondary N) is 1. The minimum absolute atomic E-state index is 0.391. The highest BCUT2D eigenvalue weighted by molar-refractivity contribution is 5.37. The van der Waals surface area contributed by atoms with Gasteiger partial charge in [-0.3, -0.25) is 0 Å². The summed E-state index contributed by atoms with van der Waals surface area (Å²) in [6, 6.07) is 8.65. The van der Waals surface area contributed by atoms with Crippen molar-refractivity contribution in [3.8, 4) is 0 Å².